The van der Waals surface area contributed by atoms with Crippen molar-refractivity contribution < 1.29 is 9.47 Å². The van der Waals surface area contributed by atoms with Gasteiger partial charge in [-0.1, -0.05) is 0 Å². The minimum Gasteiger partial charge on any atom is -0.493 e. The number of rotatable bonds is 4. The molecule has 0 saturated carbocycles. The van der Waals surface area contributed by atoms with Gasteiger partial charge < -0.3 is 24.6 Å². The summed E-state index contributed by atoms with van der Waals surface area (Å²) < 4.78 is 10.8. The van der Waals surface area contributed by atoms with E-state index in [1.807, 2.05) is 18.2 Å². The molecule has 1 saturated heterocycles. The average Bonchev–Trinajstić information content (AvgIpc) is 2.73. The van der Waals surface area contributed by atoms with Crippen molar-refractivity contribution in [3.8, 4) is 11.5 Å². The van der Waals surface area contributed by atoms with E-state index in [1.54, 1.807) is 14.2 Å². The molecule has 148 valence electrons. The average molecular weight is 380 g/mol. The van der Waals surface area contributed by atoms with Gasteiger partial charge in [-0.15, -0.1) is 0 Å². The third-order valence-corrected chi connectivity index (χ3v) is 5.40. The summed E-state index contributed by atoms with van der Waals surface area (Å²) >= 11 is 0. The van der Waals surface area contributed by atoms with E-state index in [0.29, 0.717) is 6.04 Å². The molecule has 0 bridgehead atoms. The standard InChI is InChI=1S/C22H28N4O2/c1-15-11-18(25-10-8-23-16(2)13-25)14-26-9-7-19(24-22(15)26)17-5-6-20(27-3)21(12-17)28-4/h5-7,11-12,14,16,23H,8-10,13H2,1-4H3/t16-/m1/s1. The highest BCUT2D eigenvalue weighted by Crippen LogP contribution is 2.33. The summed E-state index contributed by atoms with van der Waals surface area (Å²) in [5, 5.41) is 3.50. The molecule has 1 atom stereocenters. The van der Waals surface area contributed by atoms with Gasteiger partial charge in [-0.3, -0.25) is 0 Å². The van der Waals surface area contributed by atoms with Gasteiger partial charge in [0.15, 0.2) is 11.5 Å². The molecule has 3 aliphatic heterocycles. The summed E-state index contributed by atoms with van der Waals surface area (Å²) in [7, 11) is 3.30. The molecular formula is C22H28N4O2. The summed E-state index contributed by atoms with van der Waals surface area (Å²) in [6.07, 6.45) is 6.65. The SMILES string of the molecule is COc1ccc(C2=CCN3C=C(N4CCN[C@H](C)C4)C=C(C)C3=N2)cc1OC. The number of piperazine rings is 1. The topological polar surface area (TPSA) is 49.3 Å². The van der Waals surface area contributed by atoms with Crippen molar-refractivity contribution in [1.29, 1.82) is 0 Å². The van der Waals surface area contributed by atoms with E-state index in [0.717, 1.165) is 54.8 Å². The highest BCUT2D eigenvalue weighted by molar-refractivity contribution is 6.04. The largest absolute Gasteiger partial charge is 0.493 e. The van der Waals surface area contributed by atoms with Crippen molar-refractivity contribution in [3.05, 3.63) is 53.4 Å². The lowest BCUT2D eigenvalue weighted by Crippen LogP contribution is -2.49. The van der Waals surface area contributed by atoms with Gasteiger partial charge in [0.2, 0.25) is 0 Å². The van der Waals surface area contributed by atoms with Crippen molar-refractivity contribution in [3.63, 3.8) is 0 Å². The van der Waals surface area contributed by atoms with Gasteiger partial charge in [-0.25, -0.2) is 4.99 Å². The Balaban J connectivity index is 1.58. The second kappa shape index (κ2) is 7.72. The lowest BCUT2D eigenvalue weighted by molar-refractivity contribution is 0.258. The van der Waals surface area contributed by atoms with E-state index >= 15 is 0 Å². The van der Waals surface area contributed by atoms with Crippen LogP contribution >= 0.6 is 0 Å². The van der Waals surface area contributed by atoms with Crippen molar-refractivity contribution in [2.75, 3.05) is 40.4 Å². The first-order chi connectivity index (χ1) is 13.6. The number of aliphatic imine (C=N–C) groups is 1. The van der Waals surface area contributed by atoms with Crippen molar-refractivity contribution >= 4 is 11.5 Å². The molecule has 3 heterocycles. The van der Waals surface area contributed by atoms with Crippen LogP contribution in [0.25, 0.3) is 5.70 Å². The van der Waals surface area contributed by atoms with Gasteiger partial charge in [-0.05, 0) is 49.8 Å². The van der Waals surface area contributed by atoms with Crippen LogP contribution in [0.2, 0.25) is 0 Å². The van der Waals surface area contributed by atoms with Crippen LogP contribution in [0.5, 0.6) is 11.5 Å². The molecule has 3 aliphatic rings. The van der Waals surface area contributed by atoms with Crippen LogP contribution in [0.4, 0.5) is 0 Å². The first-order valence-corrected chi connectivity index (χ1v) is 9.75. The maximum atomic E-state index is 5.44. The van der Waals surface area contributed by atoms with Crippen LogP contribution in [-0.4, -0.2) is 62.1 Å². The van der Waals surface area contributed by atoms with Gasteiger partial charge in [-0.2, -0.15) is 0 Å². The number of amidine groups is 1. The number of methoxy groups -OCH3 is 2. The Kier molecular flexibility index (Phi) is 5.13. The van der Waals surface area contributed by atoms with Crippen LogP contribution in [0.1, 0.15) is 19.4 Å². The predicted octanol–water partition coefficient (Wildman–Crippen LogP) is 2.85. The van der Waals surface area contributed by atoms with Gasteiger partial charge in [0.05, 0.1) is 25.6 Å². The monoisotopic (exact) mass is 380 g/mol. The third-order valence-electron chi connectivity index (χ3n) is 5.40. The second-order valence-electron chi connectivity index (χ2n) is 7.43. The molecule has 4 rings (SSSR count). The van der Waals surface area contributed by atoms with Gasteiger partial charge in [0.25, 0.3) is 0 Å². The van der Waals surface area contributed by atoms with Gasteiger partial charge in [0.1, 0.15) is 5.84 Å². The van der Waals surface area contributed by atoms with E-state index in [9.17, 15) is 0 Å². The Labute approximate surface area is 166 Å². The van der Waals surface area contributed by atoms with E-state index in [-0.39, 0.29) is 0 Å². The fourth-order valence-corrected chi connectivity index (χ4v) is 3.92. The molecule has 28 heavy (non-hydrogen) atoms. The van der Waals surface area contributed by atoms with Crippen LogP contribution in [0, 0.1) is 0 Å². The normalized spacial score (nSPS) is 21.9. The first kappa shape index (κ1) is 18.6. The van der Waals surface area contributed by atoms with E-state index in [2.05, 4.69) is 47.3 Å². The molecule has 0 amide bonds. The number of benzene rings is 1. The van der Waals surface area contributed by atoms with E-state index in [1.165, 1.54) is 11.3 Å². The zero-order valence-corrected chi connectivity index (χ0v) is 17.0. The Morgan fingerprint density at radius 2 is 2.00 bits per heavy atom. The zero-order chi connectivity index (χ0) is 19.7. The Bertz CT molecular complexity index is 885. The molecule has 6 heteroatoms. The summed E-state index contributed by atoms with van der Waals surface area (Å²) in [4.78, 5) is 9.64. The Morgan fingerprint density at radius 1 is 1.18 bits per heavy atom. The Hall–Kier alpha value is -2.73. The van der Waals surface area contributed by atoms with E-state index < -0.39 is 0 Å². The van der Waals surface area contributed by atoms with Crippen LogP contribution in [-0.2, 0) is 0 Å². The molecule has 1 aromatic carbocycles. The van der Waals surface area contributed by atoms with Gasteiger partial charge >= 0.3 is 0 Å². The van der Waals surface area contributed by atoms with Crippen LogP contribution in [0.15, 0.2) is 52.8 Å². The minimum absolute atomic E-state index is 0.510. The van der Waals surface area contributed by atoms with Crippen LogP contribution in [0.3, 0.4) is 0 Å². The molecule has 1 N–H and O–H groups in total. The predicted molar refractivity (Wildman–Crippen MR) is 113 cm³/mol. The maximum Gasteiger partial charge on any atom is 0.161 e. The number of hydrogen-bond donors (Lipinski definition) is 1. The van der Waals surface area contributed by atoms with E-state index in [4.69, 9.17) is 14.5 Å². The maximum absolute atomic E-state index is 5.44. The number of ether oxygens (including phenoxy) is 2. The molecule has 0 unspecified atom stereocenters. The fourth-order valence-electron chi connectivity index (χ4n) is 3.92. The number of fused-ring (bicyclic) bond motifs is 1. The summed E-state index contributed by atoms with van der Waals surface area (Å²) in [5.41, 5.74) is 4.46. The number of nitrogens with one attached hydrogen (secondary N) is 1. The van der Waals surface area contributed by atoms with Crippen molar-refractivity contribution in [1.82, 2.24) is 15.1 Å². The highest BCUT2D eigenvalue weighted by atomic mass is 16.5. The highest BCUT2D eigenvalue weighted by Gasteiger charge is 2.25. The zero-order valence-electron chi connectivity index (χ0n) is 17.0. The first-order valence-electron chi connectivity index (χ1n) is 9.75. The Morgan fingerprint density at radius 3 is 2.75 bits per heavy atom. The quantitative estimate of drug-likeness (QED) is 0.871. The number of allylic oxidation sites excluding steroid dienone is 1. The third kappa shape index (κ3) is 3.52. The smallest absolute Gasteiger partial charge is 0.161 e. The van der Waals surface area contributed by atoms with Crippen molar-refractivity contribution in [2.45, 2.75) is 19.9 Å². The fraction of sp³-hybridized carbons (Fsp3) is 0.409. The minimum atomic E-state index is 0.510. The molecule has 1 aromatic rings. The number of hydrogen-bond acceptors (Lipinski definition) is 6. The molecule has 0 spiro atoms. The lowest BCUT2D eigenvalue weighted by Gasteiger charge is -2.38. The summed E-state index contributed by atoms with van der Waals surface area (Å²) in [6.45, 7) is 8.27. The molecule has 0 radical (unpaired) electrons. The summed E-state index contributed by atoms with van der Waals surface area (Å²) in [6, 6.07) is 6.44. The molecule has 0 aliphatic carbocycles. The lowest BCUT2D eigenvalue weighted by atomic mass is 10.1. The molecule has 0 aromatic heterocycles. The van der Waals surface area contributed by atoms with Gasteiger partial charge in [0, 0.05) is 44.0 Å². The summed E-state index contributed by atoms with van der Waals surface area (Å²) in [5.74, 6) is 2.46. The molecule has 6 nitrogen and oxygen atoms in total. The molecule has 1 fully saturated rings. The second-order valence-corrected chi connectivity index (χ2v) is 7.43. The van der Waals surface area contributed by atoms with Crippen LogP contribution < -0.4 is 14.8 Å². The van der Waals surface area contributed by atoms with Crippen molar-refractivity contribution in [2.24, 2.45) is 4.99 Å². The number of nitrogens with zero attached hydrogens (tertiary/aromatic N) is 3. The molecular weight excluding hydrogens is 352 g/mol.